The Morgan fingerprint density at radius 2 is 1.83 bits per heavy atom. The van der Waals surface area contributed by atoms with E-state index in [1.54, 1.807) is 18.5 Å². The first-order valence-corrected chi connectivity index (χ1v) is 5.42. The quantitative estimate of drug-likeness (QED) is 0.742. The second kappa shape index (κ2) is 4.29. The van der Waals surface area contributed by atoms with Gasteiger partial charge in [-0.25, -0.2) is 15.0 Å². The number of benzene rings is 1. The predicted octanol–water partition coefficient (Wildman–Crippen LogP) is 2.40. The summed E-state index contributed by atoms with van der Waals surface area (Å²) in [4.78, 5) is 12.2. The molecule has 0 saturated carbocycles. The van der Waals surface area contributed by atoms with Crippen LogP contribution in [-0.4, -0.2) is 15.0 Å². The fraction of sp³-hybridized carbons (Fsp3) is 0. The zero-order valence-corrected chi connectivity index (χ0v) is 9.45. The van der Waals surface area contributed by atoms with Crippen molar-refractivity contribution in [3.05, 3.63) is 48.8 Å². The lowest BCUT2D eigenvalue weighted by Crippen LogP contribution is -1.95. The number of para-hydroxylation sites is 1. The molecule has 88 valence electrons. The number of fused-ring (bicyclic) bond motifs is 1. The summed E-state index contributed by atoms with van der Waals surface area (Å²) < 4.78 is 5.62. The standard InChI is InChI=1S/C13H10N4O/c14-13-16-7-9-6-12(15-8-11(9)17-13)18-10-4-2-1-3-5-10/h1-8H,(H2,14,16,17). The average molecular weight is 238 g/mol. The van der Waals surface area contributed by atoms with E-state index in [1.165, 1.54) is 0 Å². The third-order valence-corrected chi connectivity index (χ3v) is 2.43. The molecule has 0 atom stereocenters. The number of aromatic nitrogens is 3. The number of nitrogen functional groups attached to an aromatic ring is 1. The van der Waals surface area contributed by atoms with Gasteiger partial charge in [0.05, 0.1) is 11.7 Å². The number of hydrogen-bond donors (Lipinski definition) is 1. The first kappa shape index (κ1) is 10.5. The molecule has 5 heteroatoms. The Morgan fingerprint density at radius 3 is 2.67 bits per heavy atom. The molecule has 2 aromatic heterocycles. The zero-order chi connectivity index (χ0) is 12.4. The molecule has 0 aliphatic rings. The number of anilines is 1. The molecule has 0 aliphatic carbocycles. The van der Waals surface area contributed by atoms with Crippen LogP contribution in [0.3, 0.4) is 0 Å². The van der Waals surface area contributed by atoms with Crippen molar-refractivity contribution in [2.75, 3.05) is 5.73 Å². The van der Waals surface area contributed by atoms with Gasteiger partial charge in [-0.3, -0.25) is 0 Å². The molecule has 5 nitrogen and oxygen atoms in total. The Hall–Kier alpha value is -2.69. The van der Waals surface area contributed by atoms with Gasteiger partial charge >= 0.3 is 0 Å². The summed E-state index contributed by atoms with van der Waals surface area (Å²) in [5.74, 6) is 1.48. The first-order valence-electron chi connectivity index (χ1n) is 5.42. The third-order valence-electron chi connectivity index (χ3n) is 2.43. The molecule has 0 fully saturated rings. The largest absolute Gasteiger partial charge is 0.439 e. The minimum atomic E-state index is 0.237. The van der Waals surface area contributed by atoms with Crippen molar-refractivity contribution in [1.29, 1.82) is 0 Å². The van der Waals surface area contributed by atoms with E-state index in [9.17, 15) is 0 Å². The number of nitrogens with two attached hydrogens (primary N) is 1. The molecule has 1 aromatic carbocycles. The van der Waals surface area contributed by atoms with Gasteiger partial charge in [-0.05, 0) is 12.1 Å². The highest BCUT2D eigenvalue weighted by molar-refractivity contribution is 5.78. The van der Waals surface area contributed by atoms with Crippen molar-refractivity contribution in [2.45, 2.75) is 0 Å². The lowest BCUT2D eigenvalue weighted by Gasteiger charge is -2.05. The van der Waals surface area contributed by atoms with E-state index in [0.717, 1.165) is 11.1 Å². The summed E-state index contributed by atoms with van der Waals surface area (Å²) in [5, 5.41) is 0.838. The van der Waals surface area contributed by atoms with Crippen LogP contribution in [0.5, 0.6) is 11.6 Å². The zero-order valence-electron chi connectivity index (χ0n) is 9.45. The maximum atomic E-state index is 5.62. The summed E-state index contributed by atoms with van der Waals surface area (Å²) in [6, 6.07) is 11.2. The van der Waals surface area contributed by atoms with Crippen LogP contribution in [0, 0.1) is 0 Å². The van der Waals surface area contributed by atoms with Crippen molar-refractivity contribution in [3.8, 4) is 11.6 Å². The lowest BCUT2D eigenvalue weighted by atomic mass is 10.3. The molecule has 3 aromatic rings. The predicted molar refractivity (Wildman–Crippen MR) is 68.3 cm³/mol. The fourth-order valence-electron chi connectivity index (χ4n) is 1.59. The second-order valence-corrected chi connectivity index (χ2v) is 3.72. The van der Waals surface area contributed by atoms with Crippen molar-refractivity contribution in [3.63, 3.8) is 0 Å². The highest BCUT2D eigenvalue weighted by Crippen LogP contribution is 2.21. The van der Waals surface area contributed by atoms with E-state index in [2.05, 4.69) is 15.0 Å². The molecule has 0 aliphatic heterocycles. The molecule has 2 heterocycles. The minimum Gasteiger partial charge on any atom is -0.439 e. The van der Waals surface area contributed by atoms with Crippen LogP contribution in [0.4, 0.5) is 5.95 Å². The second-order valence-electron chi connectivity index (χ2n) is 3.72. The number of pyridine rings is 1. The lowest BCUT2D eigenvalue weighted by molar-refractivity contribution is 0.464. The molecular weight excluding hydrogens is 228 g/mol. The summed E-state index contributed by atoms with van der Waals surface area (Å²) >= 11 is 0. The highest BCUT2D eigenvalue weighted by atomic mass is 16.5. The van der Waals surface area contributed by atoms with Gasteiger partial charge in [-0.15, -0.1) is 0 Å². The number of nitrogens with zero attached hydrogens (tertiary/aromatic N) is 3. The third kappa shape index (κ3) is 2.06. The SMILES string of the molecule is Nc1ncc2cc(Oc3ccccc3)ncc2n1. The van der Waals surface area contributed by atoms with E-state index in [0.29, 0.717) is 11.4 Å². The molecule has 18 heavy (non-hydrogen) atoms. The van der Waals surface area contributed by atoms with Crippen molar-refractivity contribution < 1.29 is 4.74 Å². The van der Waals surface area contributed by atoms with Gasteiger partial charge in [-0.2, -0.15) is 0 Å². The van der Waals surface area contributed by atoms with E-state index >= 15 is 0 Å². The van der Waals surface area contributed by atoms with Gasteiger partial charge in [0.25, 0.3) is 0 Å². The van der Waals surface area contributed by atoms with Crippen LogP contribution in [0.15, 0.2) is 48.8 Å². The molecule has 0 radical (unpaired) electrons. The number of rotatable bonds is 2. The Bertz CT molecular complexity index is 685. The molecule has 3 rings (SSSR count). The minimum absolute atomic E-state index is 0.237. The maximum Gasteiger partial charge on any atom is 0.220 e. The van der Waals surface area contributed by atoms with Crippen molar-refractivity contribution in [1.82, 2.24) is 15.0 Å². The molecule has 0 amide bonds. The molecule has 0 spiro atoms. The van der Waals surface area contributed by atoms with Gasteiger partial charge in [0.2, 0.25) is 11.8 Å². The summed E-state index contributed by atoms with van der Waals surface area (Å²) in [7, 11) is 0. The van der Waals surface area contributed by atoms with Crippen LogP contribution < -0.4 is 10.5 Å². The maximum absolute atomic E-state index is 5.62. The number of hydrogen-bond acceptors (Lipinski definition) is 5. The molecule has 0 unspecified atom stereocenters. The van der Waals surface area contributed by atoms with Crippen LogP contribution in [0.25, 0.3) is 10.9 Å². The van der Waals surface area contributed by atoms with E-state index in [1.807, 2.05) is 30.3 Å². The van der Waals surface area contributed by atoms with Crippen LogP contribution in [0.2, 0.25) is 0 Å². The van der Waals surface area contributed by atoms with Gasteiger partial charge in [0, 0.05) is 17.6 Å². The van der Waals surface area contributed by atoms with Crippen LogP contribution in [-0.2, 0) is 0 Å². The van der Waals surface area contributed by atoms with E-state index in [-0.39, 0.29) is 5.95 Å². The Kier molecular flexibility index (Phi) is 2.49. The van der Waals surface area contributed by atoms with Gasteiger partial charge in [0.1, 0.15) is 5.75 Å². The smallest absolute Gasteiger partial charge is 0.220 e. The molecule has 0 bridgehead atoms. The molecule has 0 saturated heterocycles. The van der Waals surface area contributed by atoms with Gasteiger partial charge < -0.3 is 10.5 Å². The highest BCUT2D eigenvalue weighted by Gasteiger charge is 2.02. The first-order chi connectivity index (χ1) is 8.81. The Labute approximate surface area is 103 Å². The van der Waals surface area contributed by atoms with E-state index < -0.39 is 0 Å². The molecule has 2 N–H and O–H groups in total. The normalized spacial score (nSPS) is 10.4. The fourth-order valence-corrected chi connectivity index (χ4v) is 1.59. The summed E-state index contributed by atoms with van der Waals surface area (Å²) in [5.41, 5.74) is 6.20. The van der Waals surface area contributed by atoms with Gasteiger partial charge in [-0.1, -0.05) is 18.2 Å². The van der Waals surface area contributed by atoms with Crippen LogP contribution in [0.1, 0.15) is 0 Å². The average Bonchev–Trinajstić information content (AvgIpc) is 2.40. The Balaban J connectivity index is 1.96. The summed E-state index contributed by atoms with van der Waals surface area (Å²) in [6.07, 6.45) is 3.27. The van der Waals surface area contributed by atoms with Crippen molar-refractivity contribution in [2.24, 2.45) is 0 Å². The van der Waals surface area contributed by atoms with Gasteiger partial charge in [0.15, 0.2) is 0 Å². The number of ether oxygens (including phenoxy) is 1. The molecular formula is C13H10N4O. The summed E-state index contributed by atoms with van der Waals surface area (Å²) in [6.45, 7) is 0. The van der Waals surface area contributed by atoms with E-state index in [4.69, 9.17) is 10.5 Å². The van der Waals surface area contributed by atoms with Crippen molar-refractivity contribution >= 4 is 16.9 Å². The Morgan fingerprint density at radius 1 is 1.00 bits per heavy atom. The topological polar surface area (TPSA) is 73.9 Å². The van der Waals surface area contributed by atoms with Crippen LogP contribution >= 0.6 is 0 Å². The monoisotopic (exact) mass is 238 g/mol.